The molecule has 2 heteroatoms. The molecule has 142 valence electrons. The Morgan fingerprint density at radius 3 is 2.10 bits per heavy atom. The first-order valence-electron chi connectivity index (χ1n) is 9.66. The number of fused-ring (bicyclic) bond motifs is 2. The first-order chi connectivity index (χ1) is 13.6. The van der Waals surface area contributed by atoms with Gasteiger partial charge in [-0.25, -0.2) is 0 Å². The standard InChI is InChI=1S/C16H13.C11H12P.Ti/c1-12-10-14-8-5-9-15(16(14)11-12)13-6-3-2-4-7-13;1-12(2)11-7-9-5-3-4-6-10(9)8-11;/h2-11H,1H3;3-8H,1-2H3;/q2*-1;+2. The number of rotatable bonds is 2. The van der Waals surface area contributed by atoms with E-state index in [1.807, 2.05) is 0 Å². The molecular weight excluding hydrogens is 403 g/mol. The summed E-state index contributed by atoms with van der Waals surface area (Å²) in [7, 11) is 0.0576. The molecule has 0 spiro atoms. The molecular formula is C27H25PTi. The van der Waals surface area contributed by atoms with Crippen molar-refractivity contribution in [2.24, 2.45) is 0 Å². The Bertz CT molecular complexity index is 1160. The maximum absolute atomic E-state index is 2.31. The quantitative estimate of drug-likeness (QED) is 0.156. The maximum Gasteiger partial charge on any atom is 2.00 e. The summed E-state index contributed by atoms with van der Waals surface area (Å²) in [5.74, 6) is 0. The third-order valence-electron chi connectivity index (χ3n) is 5.10. The van der Waals surface area contributed by atoms with E-state index in [1.165, 1.54) is 43.5 Å². The summed E-state index contributed by atoms with van der Waals surface area (Å²) >= 11 is 0. The van der Waals surface area contributed by atoms with E-state index in [0.29, 0.717) is 0 Å². The Kier molecular flexibility index (Phi) is 7.25. The van der Waals surface area contributed by atoms with Crippen molar-refractivity contribution in [3.8, 4) is 11.1 Å². The van der Waals surface area contributed by atoms with E-state index >= 15 is 0 Å². The zero-order valence-corrected chi connectivity index (χ0v) is 19.6. The summed E-state index contributed by atoms with van der Waals surface area (Å²) in [6.45, 7) is 6.74. The van der Waals surface area contributed by atoms with Crippen LogP contribution in [0, 0.1) is 6.92 Å². The second-order valence-electron chi connectivity index (χ2n) is 7.44. The predicted molar refractivity (Wildman–Crippen MR) is 128 cm³/mol. The second-order valence-corrected chi connectivity index (χ2v) is 9.75. The van der Waals surface area contributed by atoms with E-state index in [4.69, 9.17) is 0 Å². The van der Waals surface area contributed by atoms with Gasteiger partial charge in [0.15, 0.2) is 0 Å². The second kappa shape index (κ2) is 9.68. The van der Waals surface area contributed by atoms with Gasteiger partial charge in [0, 0.05) is 0 Å². The molecule has 0 unspecified atom stereocenters. The van der Waals surface area contributed by atoms with E-state index in [2.05, 4.69) is 117 Å². The SMILES string of the molecule is CP(C)c1cc2ccccc2[cH-]1.Cc1cc2c(-c3ccccc3)cccc2[cH-]1.[Ti+2]. The van der Waals surface area contributed by atoms with Crippen LogP contribution in [-0.4, -0.2) is 13.3 Å². The molecule has 0 fully saturated rings. The van der Waals surface area contributed by atoms with Crippen molar-refractivity contribution >= 4 is 34.8 Å². The van der Waals surface area contributed by atoms with Crippen molar-refractivity contribution in [3.05, 3.63) is 103 Å². The van der Waals surface area contributed by atoms with Crippen LogP contribution in [0.15, 0.2) is 97.1 Å². The summed E-state index contributed by atoms with van der Waals surface area (Å²) in [5.41, 5.74) is 3.95. The van der Waals surface area contributed by atoms with Gasteiger partial charge >= 0.3 is 21.7 Å². The van der Waals surface area contributed by atoms with Crippen molar-refractivity contribution in [2.75, 3.05) is 13.3 Å². The number of benzene rings is 3. The number of hydrogen-bond donors (Lipinski definition) is 0. The monoisotopic (exact) mass is 428 g/mol. The first kappa shape index (κ1) is 21.7. The number of hydrogen-bond acceptors (Lipinski definition) is 0. The van der Waals surface area contributed by atoms with Crippen molar-refractivity contribution in [1.29, 1.82) is 0 Å². The van der Waals surface area contributed by atoms with Crippen molar-refractivity contribution in [2.45, 2.75) is 6.92 Å². The molecule has 0 amide bonds. The van der Waals surface area contributed by atoms with Crippen LogP contribution in [0.25, 0.3) is 32.7 Å². The van der Waals surface area contributed by atoms with Crippen LogP contribution >= 0.6 is 7.92 Å². The molecule has 29 heavy (non-hydrogen) atoms. The van der Waals surface area contributed by atoms with Crippen LogP contribution < -0.4 is 5.30 Å². The fourth-order valence-corrected chi connectivity index (χ4v) is 4.44. The topological polar surface area (TPSA) is 0 Å². The Hall–Kier alpha value is -1.98. The van der Waals surface area contributed by atoms with Crippen molar-refractivity contribution in [1.82, 2.24) is 0 Å². The molecule has 0 aromatic heterocycles. The van der Waals surface area contributed by atoms with E-state index in [1.54, 1.807) is 0 Å². The van der Waals surface area contributed by atoms with Gasteiger partial charge in [-0.1, -0.05) is 55.0 Å². The van der Waals surface area contributed by atoms with Crippen LogP contribution in [0.5, 0.6) is 0 Å². The van der Waals surface area contributed by atoms with Gasteiger partial charge in [-0.15, -0.1) is 82.8 Å². The fraction of sp³-hybridized carbons (Fsp3) is 0.111. The van der Waals surface area contributed by atoms with E-state index in [0.717, 1.165) is 0 Å². The number of aryl methyl sites for hydroxylation is 1. The van der Waals surface area contributed by atoms with E-state index < -0.39 is 0 Å². The van der Waals surface area contributed by atoms with Gasteiger partial charge in [-0.2, -0.15) is 12.1 Å². The summed E-state index contributed by atoms with van der Waals surface area (Å²) in [6, 6.07) is 34.7. The Labute approximate surface area is 189 Å². The van der Waals surface area contributed by atoms with Gasteiger partial charge in [0.05, 0.1) is 0 Å². The molecule has 0 saturated heterocycles. The van der Waals surface area contributed by atoms with Crippen LogP contribution in [0.3, 0.4) is 0 Å². The molecule has 5 aromatic rings. The molecule has 5 aromatic carbocycles. The molecule has 5 rings (SSSR count). The van der Waals surface area contributed by atoms with Gasteiger partial charge < -0.3 is 0 Å². The molecule has 0 aliphatic rings. The summed E-state index contributed by atoms with van der Waals surface area (Å²) in [6.07, 6.45) is 0. The zero-order valence-electron chi connectivity index (χ0n) is 17.2. The van der Waals surface area contributed by atoms with Gasteiger partial charge in [0.25, 0.3) is 0 Å². The normalized spacial score (nSPS) is 10.6. The van der Waals surface area contributed by atoms with Crippen LogP contribution in [0.2, 0.25) is 0 Å². The van der Waals surface area contributed by atoms with Gasteiger partial charge in [-0.3, -0.25) is 0 Å². The average molecular weight is 428 g/mol. The minimum Gasteiger partial charge on any atom is -0.165 e. The molecule has 0 bridgehead atoms. The molecule has 0 nitrogen and oxygen atoms in total. The van der Waals surface area contributed by atoms with E-state index in [-0.39, 0.29) is 29.6 Å². The van der Waals surface area contributed by atoms with E-state index in [9.17, 15) is 0 Å². The van der Waals surface area contributed by atoms with Crippen LogP contribution in [0.1, 0.15) is 5.56 Å². The summed E-state index contributed by atoms with van der Waals surface area (Å²) in [5, 5.41) is 6.95. The molecule has 0 radical (unpaired) electrons. The molecule has 0 saturated carbocycles. The summed E-state index contributed by atoms with van der Waals surface area (Å²) in [4.78, 5) is 0. The molecule has 0 heterocycles. The Morgan fingerprint density at radius 1 is 0.690 bits per heavy atom. The molecule has 0 N–H and O–H groups in total. The fourth-order valence-electron chi connectivity index (χ4n) is 3.65. The molecule has 0 aliphatic heterocycles. The summed E-state index contributed by atoms with van der Waals surface area (Å²) < 4.78 is 0. The average Bonchev–Trinajstić information content (AvgIpc) is 3.31. The first-order valence-corrected chi connectivity index (χ1v) is 11.9. The Morgan fingerprint density at radius 2 is 1.38 bits per heavy atom. The van der Waals surface area contributed by atoms with Gasteiger partial charge in [0.1, 0.15) is 0 Å². The largest absolute Gasteiger partial charge is 2.00 e. The molecule has 0 aliphatic carbocycles. The minimum atomic E-state index is 0. The maximum atomic E-state index is 2.31. The Balaban J connectivity index is 0.000000167. The zero-order chi connectivity index (χ0) is 19.5. The van der Waals surface area contributed by atoms with Crippen molar-refractivity contribution in [3.63, 3.8) is 0 Å². The molecule has 0 atom stereocenters. The van der Waals surface area contributed by atoms with Gasteiger partial charge in [-0.05, 0) is 18.9 Å². The van der Waals surface area contributed by atoms with Gasteiger partial charge in [0.2, 0.25) is 0 Å². The predicted octanol–water partition coefficient (Wildman–Crippen LogP) is 7.46. The third-order valence-corrected chi connectivity index (χ3v) is 6.39. The third kappa shape index (κ3) is 4.96. The van der Waals surface area contributed by atoms with Crippen molar-refractivity contribution < 1.29 is 21.7 Å². The smallest absolute Gasteiger partial charge is 0.165 e. The van der Waals surface area contributed by atoms with Crippen LogP contribution in [0.4, 0.5) is 0 Å². The minimum absolute atomic E-state index is 0. The van der Waals surface area contributed by atoms with Crippen LogP contribution in [-0.2, 0) is 21.7 Å².